The van der Waals surface area contributed by atoms with Crippen molar-refractivity contribution in [3.8, 4) is 0 Å². The molecule has 2 atom stereocenters. The first-order valence-corrected chi connectivity index (χ1v) is 9.36. The van der Waals surface area contributed by atoms with Crippen molar-refractivity contribution in [3.63, 3.8) is 0 Å². The molecule has 0 radical (unpaired) electrons. The van der Waals surface area contributed by atoms with Gasteiger partial charge in [0.1, 0.15) is 0 Å². The van der Waals surface area contributed by atoms with E-state index in [1.54, 1.807) is 4.90 Å². The van der Waals surface area contributed by atoms with E-state index in [1.165, 1.54) is 5.56 Å². The average molecular weight is 362 g/mol. The molecule has 0 aromatic heterocycles. The molecule has 1 heterocycles. The van der Waals surface area contributed by atoms with Crippen LogP contribution in [0.5, 0.6) is 0 Å². The number of aliphatic hydroxyl groups excluding tert-OH is 1. The summed E-state index contributed by atoms with van der Waals surface area (Å²) in [6.07, 6.45) is -0.515. The lowest BCUT2D eigenvalue weighted by molar-refractivity contribution is 0.113. The van der Waals surface area contributed by atoms with Crippen LogP contribution in [0.2, 0.25) is 0 Å². The van der Waals surface area contributed by atoms with E-state index >= 15 is 0 Å². The number of anilines is 1. The maximum Gasteiger partial charge on any atom is 0.321 e. The van der Waals surface area contributed by atoms with E-state index in [2.05, 4.69) is 65.1 Å². The van der Waals surface area contributed by atoms with Gasteiger partial charge in [0.2, 0.25) is 0 Å². The van der Waals surface area contributed by atoms with Crippen LogP contribution in [-0.4, -0.2) is 60.3 Å². The normalized spacial score (nSPS) is 21.4. The van der Waals surface area contributed by atoms with Gasteiger partial charge in [-0.05, 0) is 42.1 Å². The smallest absolute Gasteiger partial charge is 0.321 e. The van der Waals surface area contributed by atoms with Crippen LogP contribution in [0, 0.1) is 0 Å². The number of β-amino-alcohol motifs (C(OH)–C–C–N with tert-alkyl or cyclic N) is 1. The topological polar surface area (TPSA) is 55.8 Å². The summed E-state index contributed by atoms with van der Waals surface area (Å²) in [5.74, 6) is 0. The Morgan fingerprint density at radius 1 is 1.12 bits per heavy atom. The fourth-order valence-electron chi connectivity index (χ4n) is 3.41. The van der Waals surface area contributed by atoms with Gasteiger partial charge in [0, 0.05) is 12.2 Å². The van der Waals surface area contributed by atoms with Crippen molar-refractivity contribution >= 4 is 11.7 Å². The van der Waals surface area contributed by atoms with Crippen LogP contribution in [0.3, 0.4) is 0 Å². The summed E-state index contributed by atoms with van der Waals surface area (Å²) in [5, 5.41) is 13.3. The van der Waals surface area contributed by atoms with Gasteiger partial charge in [-0.2, -0.15) is 0 Å². The first kappa shape index (κ1) is 20.7. The second-order valence-electron chi connectivity index (χ2n) is 9.69. The van der Waals surface area contributed by atoms with Gasteiger partial charge in [-0.15, -0.1) is 0 Å². The number of hydrogen-bond acceptors (Lipinski definition) is 3. The van der Waals surface area contributed by atoms with Crippen LogP contribution in [0.25, 0.3) is 0 Å². The Bertz CT molecular complexity index is 656. The quantitative estimate of drug-likeness (QED) is 0.849. The van der Waals surface area contributed by atoms with Crippen molar-refractivity contribution in [2.24, 2.45) is 0 Å². The Labute approximate surface area is 158 Å². The molecule has 0 bridgehead atoms. The van der Waals surface area contributed by atoms with E-state index in [4.69, 9.17) is 0 Å². The number of urea groups is 1. The van der Waals surface area contributed by atoms with Gasteiger partial charge in [0.25, 0.3) is 0 Å². The van der Waals surface area contributed by atoms with Crippen molar-refractivity contribution < 1.29 is 9.90 Å². The molecule has 1 fully saturated rings. The summed E-state index contributed by atoms with van der Waals surface area (Å²) in [5.41, 5.74) is 3.10. The summed E-state index contributed by atoms with van der Waals surface area (Å²) in [6, 6.07) is 6.19. The third-order valence-corrected chi connectivity index (χ3v) is 5.14. The van der Waals surface area contributed by atoms with Gasteiger partial charge in [-0.1, -0.05) is 53.7 Å². The van der Waals surface area contributed by atoms with Gasteiger partial charge in [0.05, 0.1) is 18.7 Å². The first-order valence-electron chi connectivity index (χ1n) is 9.36. The third-order valence-electron chi connectivity index (χ3n) is 5.14. The number of amides is 2. The molecular weight excluding hydrogens is 326 g/mol. The number of nitrogens with one attached hydrogen (secondary N) is 1. The van der Waals surface area contributed by atoms with Crippen LogP contribution in [0.15, 0.2) is 18.2 Å². The highest BCUT2D eigenvalue weighted by Crippen LogP contribution is 2.34. The fraction of sp³-hybridized carbons (Fsp3) is 0.667. The molecule has 0 aliphatic carbocycles. The van der Waals surface area contributed by atoms with Gasteiger partial charge in [-0.3, -0.25) is 0 Å². The van der Waals surface area contributed by atoms with Crippen molar-refractivity contribution in [2.75, 3.05) is 32.5 Å². The standard InChI is InChI=1S/C21H35N3O2/c1-20(2,3)14-9-10-15(21(4,5)6)16(11-14)22-19(26)24-12-17(23(7)8)18(25)13-24/h9-11,17-18,25H,12-13H2,1-8H3,(H,22,26)/t17-,18-/m1/s1. The fourth-order valence-corrected chi connectivity index (χ4v) is 3.41. The number of likely N-dealkylation sites (tertiary alicyclic amines) is 1. The van der Waals surface area contributed by atoms with Crippen LogP contribution >= 0.6 is 0 Å². The maximum absolute atomic E-state index is 12.9. The molecule has 1 aliphatic rings. The molecule has 2 amide bonds. The Hall–Kier alpha value is -1.59. The molecule has 2 N–H and O–H groups in total. The number of benzene rings is 1. The zero-order chi connectivity index (χ0) is 19.9. The number of nitrogens with zero attached hydrogens (tertiary/aromatic N) is 2. The number of rotatable bonds is 2. The summed E-state index contributed by atoms with van der Waals surface area (Å²) in [7, 11) is 3.86. The Balaban J connectivity index is 2.28. The van der Waals surface area contributed by atoms with Gasteiger partial charge in [0.15, 0.2) is 0 Å². The number of carbonyl (C=O) groups excluding carboxylic acids is 1. The molecule has 146 valence electrons. The molecule has 26 heavy (non-hydrogen) atoms. The van der Waals surface area contributed by atoms with Crippen LogP contribution in [0.4, 0.5) is 10.5 Å². The zero-order valence-electron chi connectivity index (χ0n) is 17.6. The second-order valence-corrected chi connectivity index (χ2v) is 9.69. The van der Waals surface area contributed by atoms with Crippen molar-refractivity contribution in [2.45, 2.75) is 64.5 Å². The number of carbonyl (C=O) groups is 1. The number of hydrogen-bond donors (Lipinski definition) is 2. The predicted octanol–water partition coefficient (Wildman–Crippen LogP) is 3.42. The minimum absolute atomic E-state index is 0.00967. The molecule has 1 aliphatic heterocycles. The van der Waals surface area contributed by atoms with Crippen molar-refractivity contribution in [1.29, 1.82) is 0 Å². The van der Waals surface area contributed by atoms with E-state index in [0.29, 0.717) is 13.1 Å². The summed E-state index contributed by atoms with van der Waals surface area (Å²) < 4.78 is 0. The molecule has 2 rings (SSSR count). The largest absolute Gasteiger partial charge is 0.390 e. The zero-order valence-corrected chi connectivity index (χ0v) is 17.6. The number of aliphatic hydroxyl groups is 1. The van der Waals surface area contributed by atoms with Gasteiger partial charge in [-0.25, -0.2) is 4.79 Å². The minimum atomic E-state index is -0.515. The highest BCUT2D eigenvalue weighted by Gasteiger charge is 2.35. The predicted molar refractivity (Wildman–Crippen MR) is 108 cm³/mol. The molecule has 1 aromatic carbocycles. The maximum atomic E-state index is 12.9. The molecule has 1 aromatic rings. The van der Waals surface area contributed by atoms with E-state index in [9.17, 15) is 9.90 Å². The second kappa shape index (κ2) is 7.20. The Morgan fingerprint density at radius 2 is 1.73 bits per heavy atom. The Morgan fingerprint density at radius 3 is 2.19 bits per heavy atom. The molecule has 0 unspecified atom stereocenters. The molecule has 5 nitrogen and oxygen atoms in total. The lowest BCUT2D eigenvalue weighted by Crippen LogP contribution is -2.39. The third kappa shape index (κ3) is 4.57. The van der Waals surface area contributed by atoms with E-state index in [0.717, 1.165) is 11.3 Å². The van der Waals surface area contributed by atoms with E-state index in [1.807, 2.05) is 19.0 Å². The molecule has 0 spiro atoms. The van der Waals surface area contributed by atoms with Crippen LogP contribution in [0.1, 0.15) is 52.7 Å². The average Bonchev–Trinajstić information content (AvgIpc) is 2.87. The SMILES string of the molecule is CN(C)[C@@H]1CN(C(=O)Nc2cc(C(C)(C)C)ccc2C(C)(C)C)C[C@H]1O. The van der Waals surface area contributed by atoms with Crippen molar-refractivity contribution in [3.05, 3.63) is 29.3 Å². The number of likely N-dealkylation sites (N-methyl/N-ethyl adjacent to an activating group) is 1. The van der Waals surface area contributed by atoms with Crippen LogP contribution in [-0.2, 0) is 10.8 Å². The Kier molecular flexibility index (Phi) is 5.74. The highest BCUT2D eigenvalue weighted by atomic mass is 16.3. The molecule has 5 heteroatoms. The molecule has 1 saturated heterocycles. The van der Waals surface area contributed by atoms with Gasteiger partial charge < -0.3 is 20.2 Å². The van der Waals surface area contributed by atoms with Crippen LogP contribution < -0.4 is 5.32 Å². The monoisotopic (exact) mass is 361 g/mol. The van der Waals surface area contributed by atoms with Crippen molar-refractivity contribution in [1.82, 2.24) is 9.80 Å². The highest BCUT2D eigenvalue weighted by molar-refractivity contribution is 5.91. The molecular formula is C21H35N3O2. The van der Waals surface area contributed by atoms with E-state index in [-0.39, 0.29) is 22.9 Å². The lowest BCUT2D eigenvalue weighted by atomic mass is 9.81. The summed E-state index contributed by atoms with van der Waals surface area (Å²) in [4.78, 5) is 16.5. The molecule has 0 saturated carbocycles. The summed E-state index contributed by atoms with van der Waals surface area (Å²) in [6.45, 7) is 13.8. The minimum Gasteiger partial charge on any atom is -0.390 e. The van der Waals surface area contributed by atoms with Gasteiger partial charge >= 0.3 is 6.03 Å². The van der Waals surface area contributed by atoms with E-state index < -0.39 is 6.10 Å². The first-order chi connectivity index (χ1) is 11.8. The summed E-state index contributed by atoms with van der Waals surface area (Å²) >= 11 is 0. The lowest BCUT2D eigenvalue weighted by Gasteiger charge is -2.28.